The number of benzene rings is 1. The van der Waals surface area contributed by atoms with Gasteiger partial charge in [0.25, 0.3) is 0 Å². The van der Waals surface area contributed by atoms with Crippen LogP contribution < -0.4 is 5.73 Å². The maximum atomic E-state index is 13.7. The van der Waals surface area contributed by atoms with Crippen molar-refractivity contribution >= 4 is 5.82 Å². The standard InChI is InChI=1S/C15H17FN2O/c1-9-4-5-11(8-12(9)16)15(3,19)13-10(2)6-7-18-14(13)17/h4-8,19H,1-3H3,(H2,17,18). The Labute approximate surface area is 111 Å². The third-order valence-corrected chi connectivity index (χ3v) is 3.41. The van der Waals surface area contributed by atoms with Gasteiger partial charge >= 0.3 is 0 Å². The summed E-state index contributed by atoms with van der Waals surface area (Å²) in [6, 6.07) is 6.44. The summed E-state index contributed by atoms with van der Waals surface area (Å²) in [6.07, 6.45) is 1.58. The molecule has 0 saturated heterocycles. The highest BCUT2D eigenvalue weighted by Gasteiger charge is 2.30. The van der Waals surface area contributed by atoms with Gasteiger partial charge in [0.1, 0.15) is 17.2 Å². The van der Waals surface area contributed by atoms with Gasteiger partial charge in [-0.1, -0.05) is 12.1 Å². The lowest BCUT2D eigenvalue weighted by Crippen LogP contribution is -2.26. The van der Waals surface area contributed by atoms with Crippen LogP contribution in [0.25, 0.3) is 0 Å². The van der Waals surface area contributed by atoms with Gasteiger partial charge in [-0.15, -0.1) is 0 Å². The first-order chi connectivity index (χ1) is 8.84. The number of halogens is 1. The SMILES string of the molecule is Cc1ccc(C(C)(O)c2c(C)ccnc2N)cc1F. The first-order valence-corrected chi connectivity index (χ1v) is 6.04. The van der Waals surface area contributed by atoms with Gasteiger partial charge in [-0.25, -0.2) is 9.37 Å². The van der Waals surface area contributed by atoms with E-state index in [1.165, 1.54) is 6.07 Å². The van der Waals surface area contributed by atoms with E-state index in [4.69, 9.17) is 5.73 Å². The molecule has 1 atom stereocenters. The lowest BCUT2D eigenvalue weighted by molar-refractivity contribution is 0.102. The molecule has 3 N–H and O–H groups in total. The fourth-order valence-corrected chi connectivity index (χ4v) is 2.25. The van der Waals surface area contributed by atoms with Crippen LogP contribution in [-0.4, -0.2) is 10.1 Å². The molecule has 1 aromatic heterocycles. The Kier molecular flexibility index (Phi) is 3.28. The van der Waals surface area contributed by atoms with E-state index in [0.717, 1.165) is 5.56 Å². The molecule has 0 saturated carbocycles. The second-order valence-corrected chi connectivity index (χ2v) is 4.92. The lowest BCUT2D eigenvalue weighted by Gasteiger charge is -2.27. The predicted octanol–water partition coefficient (Wildman–Crippen LogP) is 2.68. The zero-order valence-corrected chi connectivity index (χ0v) is 11.2. The highest BCUT2D eigenvalue weighted by atomic mass is 19.1. The summed E-state index contributed by atoms with van der Waals surface area (Å²) in [4.78, 5) is 4.00. The fourth-order valence-electron chi connectivity index (χ4n) is 2.25. The number of nitrogens with zero attached hydrogens (tertiary/aromatic N) is 1. The molecular weight excluding hydrogens is 243 g/mol. The summed E-state index contributed by atoms with van der Waals surface area (Å²) in [5, 5.41) is 10.7. The fraction of sp³-hybridized carbons (Fsp3) is 0.267. The van der Waals surface area contributed by atoms with Crippen LogP contribution in [0.15, 0.2) is 30.5 Å². The quantitative estimate of drug-likeness (QED) is 0.872. The molecule has 1 aromatic carbocycles. The first kappa shape index (κ1) is 13.5. The van der Waals surface area contributed by atoms with Crippen LogP contribution in [0, 0.1) is 19.7 Å². The van der Waals surface area contributed by atoms with Crippen molar-refractivity contribution in [3.05, 3.63) is 58.5 Å². The average Bonchev–Trinajstić information content (AvgIpc) is 2.32. The van der Waals surface area contributed by atoms with Crippen molar-refractivity contribution in [3.63, 3.8) is 0 Å². The van der Waals surface area contributed by atoms with Crippen LogP contribution in [-0.2, 0) is 5.60 Å². The zero-order chi connectivity index (χ0) is 14.2. The maximum absolute atomic E-state index is 13.7. The van der Waals surface area contributed by atoms with E-state index in [2.05, 4.69) is 4.98 Å². The Morgan fingerprint density at radius 1 is 1.21 bits per heavy atom. The maximum Gasteiger partial charge on any atom is 0.130 e. The minimum Gasteiger partial charge on any atom is -0.383 e. The van der Waals surface area contributed by atoms with Crippen molar-refractivity contribution < 1.29 is 9.50 Å². The molecule has 0 aliphatic heterocycles. The molecule has 0 bridgehead atoms. The normalized spacial score (nSPS) is 14.2. The van der Waals surface area contributed by atoms with E-state index >= 15 is 0 Å². The molecule has 2 rings (SSSR count). The molecule has 0 fully saturated rings. The van der Waals surface area contributed by atoms with Gasteiger partial charge in [0.15, 0.2) is 0 Å². The molecule has 100 valence electrons. The summed E-state index contributed by atoms with van der Waals surface area (Å²) < 4.78 is 13.7. The number of pyridine rings is 1. The van der Waals surface area contributed by atoms with E-state index in [1.807, 2.05) is 6.92 Å². The summed E-state index contributed by atoms with van der Waals surface area (Å²) in [6.45, 7) is 5.11. The van der Waals surface area contributed by atoms with Crippen LogP contribution in [0.4, 0.5) is 10.2 Å². The molecule has 0 spiro atoms. The number of aryl methyl sites for hydroxylation is 2. The predicted molar refractivity (Wildman–Crippen MR) is 73.2 cm³/mol. The Morgan fingerprint density at radius 3 is 2.47 bits per heavy atom. The summed E-state index contributed by atoms with van der Waals surface area (Å²) in [5.41, 5.74) is 6.79. The molecule has 0 aliphatic rings. The van der Waals surface area contributed by atoms with Gasteiger partial charge < -0.3 is 10.8 Å². The second kappa shape index (κ2) is 4.63. The van der Waals surface area contributed by atoms with Gasteiger partial charge in [-0.2, -0.15) is 0 Å². The van der Waals surface area contributed by atoms with Crippen LogP contribution in [0.3, 0.4) is 0 Å². The highest BCUT2D eigenvalue weighted by molar-refractivity contribution is 5.52. The van der Waals surface area contributed by atoms with Crippen molar-refractivity contribution in [2.24, 2.45) is 0 Å². The number of hydrogen-bond donors (Lipinski definition) is 2. The number of anilines is 1. The van der Waals surface area contributed by atoms with Crippen molar-refractivity contribution in [2.75, 3.05) is 5.73 Å². The summed E-state index contributed by atoms with van der Waals surface area (Å²) in [5.74, 6) is -0.0936. The van der Waals surface area contributed by atoms with Gasteiger partial charge in [-0.3, -0.25) is 0 Å². The Morgan fingerprint density at radius 2 is 1.89 bits per heavy atom. The van der Waals surface area contributed by atoms with E-state index in [9.17, 15) is 9.50 Å². The van der Waals surface area contributed by atoms with Crippen molar-refractivity contribution in [1.82, 2.24) is 4.98 Å². The molecule has 0 aliphatic carbocycles. The Balaban J connectivity index is 2.61. The minimum absolute atomic E-state index is 0.256. The molecule has 19 heavy (non-hydrogen) atoms. The third-order valence-electron chi connectivity index (χ3n) is 3.41. The van der Waals surface area contributed by atoms with E-state index < -0.39 is 5.60 Å². The van der Waals surface area contributed by atoms with Gasteiger partial charge in [-0.05, 0) is 49.6 Å². The third kappa shape index (κ3) is 2.31. The largest absolute Gasteiger partial charge is 0.383 e. The Hall–Kier alpha value is -1.94. The van der Waals surface area contributed by atoms with Gasteiger partial charge in [0, 0.05) is 11.8 Å². The van der Waals surface area contributed by atoms with Gasteiger partial charge in [0.2, 0.25) is 0 Å². The monoisotopic (exact) mass is 260 g/mol. The number of aliphatic hydroxyl groups is 1. The average molecular weight is 260 g/mol. The molecular formula is C15H17FN2O. The van der Waals surface area contributed by atoms with Crippen molar-refractivity contribution in [3.8, 4) is 0 Å². The van der Waals surface area contributed by atoms with E-state index in [-0.39, 0.29) is 11.6 Å². The van der Waals surface area contributed by atoms with Crippen LogP contribution in [0.5, 0.6) is 0 Å². The minimum atomic E-state index is -1.38. The first-order valence-electron chi connectivity index (χ1n) is 6.04. The molecule has 2 aromatic rings. The van der Waals surface area contributed by atoms with Gasteiger partial charge in [0.05, 0.1) is 0 Å². The summed E-state index contributed by atoms with van der Waals surface area (Å²) >= 11 is 0. The number of hydrogen-bond acceptors (Lipinski definition) is 3. The second-order valence-electron chi connectivity index (χ2n) is 4.92. The number of rotatable bonds is 2. The summed E-state index contributed by atoms with van der Waals surface area (Å²) in [7, 11) is 0. The zero-order valence-electron chi connectivity index (χ0n) is 11.2. The van der Waals surface area contributed by atoms with Crippen molar-refractivity contribution in [2.45, 2.75) is 26.4 Å². The van der Waals surface area contributed by atoms with E-state index in [1.54, 1.807) is 38.2 Å². The number of nitrogen functional groups attached to an aromatic ring is 1. The number of aromatic nitrogens is 1. The molecule has 1 heterocycles. The van der Waals surface area contributed by atoms with Crippen LogP contribution in [0.1, 0.15) is 29.2 Å². The van der Waals surface area contributed by atoms with Crippen LogP contribution in [0.2, 0.25) is 0 Å². The Bertz CT molecular complexity index is 603. The van der Waals surface area contributed by atoms with E-state index in [0.29, 0.717) is 16.7 Å². The van der Waals surface area contributed by atoms with Crippen LogP contribution >= 0.6 is 0 Å². The molecule has 3 nitrogen and oxygen atoms in total. The lowest BCUT2D eigenvalue weighted by atomic mass is 9.85. The topological polar surface area (TPSA) is 59.1 Å². The highest BCUT2D eigenvalue weighted by Crippen LogP contribution is 2.34. The molecule has 0 amide bonds. The molecule has 1 unspecified atom stereocenters. The van der Waals surface area contributed by atoms with Crippen molar-refractivity contribution in [1.29, 1.82) is 0 Å². The smallest absolute Gasteiger partial charge is 0.130 e. The molecule has 4 heteroatoms. The number of nitrogens with two attached hydrogens (primary N) is 1. The molecule has 0 radical (unpaired) electrons.